The Hall–Kier alpha value is -3.75. The summed E-state index contributed by atoms with van der Waals surface area (Å²) in [5.74, 6) is -0.530. The molecule has 0 atom stereocenters. The van der Waals surface area contributed by atoms with Gasteiger partial charge in [0, 0.05) is 38.0 Å². The molecule has 4 heterocycles. The smallest absolute Gasteiger partial charge is 0.361 e. The van der Waals surface area contributed by atoms with Crippen LogP contribution < -0.4 is 0 Å². The highest BCUT2D eigenvalue weighted by Gasteiger charge is 2.35. The Morgan fingerprint density at radius 2 is 1.95 bits per heavy atom. The van der Waals surface area contributed by atoms with Gasteiger partial charge < -0.3 is 4.74 Å². The molecule has 5 rings (SSSR count). The highest BCUT2D eigenvalue weighted by molar-refractivity contribution is 7.10. The molecule has 0 fully saturated rings. The highest BCUT2D eigenvalue weighted by Crippen LogP contribution is 2.36. The van der Waals surface area contributed by atoms with E-state index in [1.165, 1.54) is 22.0 Å². The van der Waals surface area contributed by atoms with Gasteiger partial charge in [-0.15, -0.1) is 21.5 Å². The van der Waals surface area contributed by atoms with Crippen molar-refractivity contribution in [1.29, 1.82) is 0 Å². The maximum atomic E-state index is 15.7. The summed E-state index contributed by atoms with van der Waals surface area (Å²) >= 11 is 1.37. The molecule has 1 aromatic carbocycles. The van der Waals surface area contributed by atoms with Gasteiger partial charge >= 0.3 is 6.18 Å². The fraction of sp³-hybridized carbons (Fsp3) is 0.269. The number of hydrogen-bond donors (Lipinski definition) is 0. The zero-order valence-electron chi connectivity index (χ0n) is 21.9. The average molecular weight is 588 g/mol. The summed E-state index contributed by atoms with van der Waals surface area (Å²) in [6.07, 6.45) is 0.250. The van der Waals surface area contributed by atoms with Gasteiger partial charge in [-0.3, -0.25) is 14.1 Å². The molecule has 4 aromatic heterocycles. The molecule has 0 radical (unpaired) electrons. The highest BCUT2D eigenvalue weighted by atomic mass is 32.1. The lowest BCUT2D eigenvalue weighted by Crippen LogP contribution is -2.22. The molecule has 5 aromatic rings. The molecular formula is C26H25F4N7OSSi. The van der Waals surface area contributed by atoms with Crippen LogP contribution in [0.4, 0.5) is 17.6 Å². The van der Waals surface area contributed by atoms with Crippen LogP contribution in [0.15, 0.2) is 55.1 Å². The van der Waals surface area contributed by atoms with Gasteiger partial charge in [-0.05, 0) is 29.8 Å². The Balaban J connectivity index is 1.65. The second-order valence-electron chi connectivity index (χ2n) is 10.3. The van der Waals surface area contributed by atoms with Crippen LogP contribution in [-0.2, 0) is 17.6 Å². The third-order valence-corrected chi connectivity index (χ3v) is 8.70. The second kappa shape index (κ2) is 10.7. The van der Waals surface area contributed by atoms with E-state index >= 15 is 4.39 Å². The minimum Gasteiger partial charge on any atom is -0.361 e. The van der Waals surface area contributed by atoms with Crippen molar-refractivity contribution in [2.45, 2.75) is 38.6 Å². The van der Waals surface area contributed by atoms with Crippen LogP contribution in [0.2, 0.25) is 25.7 Å². The van der Waals surface area contributed by atoms with Crippen LogP contribution in [-0.4, -0.2) is 49.0 Å². The van der Waals surface area contributed by atoms with Crippen molar-refractivity contribution in [2.75, 3.05) is 6.61 Å². The molecule has 0 amide bonds. The molecule has 0 aliphatic carbocycles. The predicted octanol–water partition coefficient (Wildman–Crippen LogP) is 6.67. The van der Waals surface area contributed by atoms with Crippen molar-refractivity contribution in [3.63, 3.8) is 0 Å². The number of alkyl halides is 3. The standard InChI is InChI=1S/C26H25F4N7OSSi/c1-16(25-32-7-9-39-25)17-11-19(27)22-20(12-17)34-23(37(22)15-38-8-10-40(2,3)4)24-35-33-14-36(24)21-13-31-6-5-18(21)26(28,29)30/h5-7,9,11-14H,1,8,10,15H2,2-4H3. The van der Waals surface area contributed by atoms with Gasteiger partial charge in [0.2, 0.25) is 5.82 Å². The fourth-order valence-electron chi connectivity index (χ4n) is 4.10. The summed E-state index contributed by atoms with van der Waals surface area (Å²) < 4.78 is 65.8. The molecule has 0 saturated carbocycles. The minimum absolute atomic E-state index is 0.0248. The van der Waals surface area contributed by atoms with E-state index in [4.69, 9.17) is 4.74 Å². The average Bonchev–Trinajstić information content (AvgIpc) is 3.65. The summed E-state index contributed by atoms with van der Waals surface area (Å²) in [7, 11) is -1.41. The molecule has 0 saturated heterocycles. The summed E-state index contributed by atoms with van der Waals surface area (Å²) in [4.78, 5) is 12.7. The SMILES string of the molecule is C=C(c1cc(F)c2c(c1)nc(-c1nncn1-c1cnccc1C(F)(F)F)n2COCC[Si](C)(C)C)c1nccs1. The molecule has 0 aliphatic heterocycles. The van der Waals surface area contributed by atoms with E-state index in [2.05, 4.69) is 51.4 Å². The normalized spacial score (nSPS) is 12.4. The molecular weight excluding hydrogens is 562 g/mol. The number of imidazole rings is 1. The van der Waals surface area contributed by atoms with Crippen molar-refractivity contribution in [3.05, 3.63) is 77.0 Å². The van der Waals surface area contributed by atoms with E-state index in [1.807, 2.05) is 0 Å². The van der Waals surface area contributed by atoms with E-state index < -0.39 is 25.6 Å². The van der Waals surface area contributed by atoms with E-state index in [-0.39, 0.29) is 35.1 Å². The zero-order valence-corrected chi connectivity index (χ0v) is 23.7. The van der Waals surface area contributed by atoms with E-state index in [9.17, 15) is 13.2 Å². The second-order valence-corrected chi connectivity index (χ2v) is 16.8. The van der Waals surface area contributed by atoms with Gasteiger partial charge in [-0.25, -0.2) is 14.4 Å². The van der Waals surface area contributed by atoms with Crippen LogP contribution in [0, 0.1) is 5.82 Å². The number of fused-ring (bicyclic) bond motifs is 1. The molecule has 14 heteroatoms. The Labute approximate surface area is 232 Å². The number of aromatic nitrogens is 7. The number of ether oxygens (including phenoxy) is 1. The quantitative estimate of drug-likeness (QED) is 0.109. The summed E-state index contributed by atoms with van der Waals surface area (Å²) in [6, 6.07) is 4.74. The summed E-state index contributed by atoms with van der Waals surface area (Å²) in [5.41, 5.74) is 0.164. The Morgan fingerprint density at radius 1 is 1.15 bits per heavy atom. The van der Waals surface area contributed by atoms with E-state index in [1.54, 1.807) is 17.6 Å². The van der Waals surface area contributed by atoms with Crippen molar-refractivity contribution in [1.82, 2.24) is 34.3 Å². The van der Waals surface area contributed by atoms with Gasteiger partial charge in [0.1, 0.15) is 29.4 Å². The van der Waals surface area contributed by atoms with Crippen LogP contribution in [0.25, 0.3) is 33.9 Å². The lowest BCUT2D eigenvalue weighted by atomic mass is 10.1. The third-order valence-electron chi connectivity index (χ3n) is 6.16. The molecule has 0 unspecified atom stereocenters. The number of pyridine rings is 1. The Morgan fingerprint density at radius 3 is 2.65 bits per heavy atom. The topological polar surface area (TPSA) is 83.5 Å². The number of nitrogens with zero attached hydrogens (tertiary/aromatic N) is 7. The number of rotatable bonds is 9. The monoisotopic (exact) mass is 587 g/mol. The first-order valence-corrected chi connectivity index (χ1v) is 16.8. The van der Waals surface area contributed by atoms with Gasteiger partial charge in [-0.1, -0.05) is 26.2 Å². The molecule has 208 valence electrons. The lowest BCUT2D eigenvalue weighted by Gasteiger charge is -2.17. The fourth-order valence-corrected chi connectivity index (χ4v) is 5.49. The zero-order chi connectivity index (χ0) is 28.7. The predicted molar refractivity (Wildman–Crippen MR) is 147 cm³/mol. The van der Waals surface area contributed by atoms with Gasteiger partial charge in [0.15, 0.2) is 5.82 Å². The van der Waals surface area contributed by atoms with Gasteiger partial charge in [0.25, 0.3) is 0 Å². The van der Waals surface area contributed by atoms with Crippen LogP contribution in [0.5, 0.6) is 0 Å². The maximum absolute atomic E-state index is 15.7. The molecule has 0 N–H and O–H groups in total. The lowest BCUT2D eigenvalue weighted by molar-refractivity contribution is -0.137. The van der Waals surface area contributed by atoms with Crippen LogP contribution >= 0.6 is 11.3 Å². The molecule has 0 bridgehead atoms. The van der Waals surface area contributed by atoms with E-state index in [0.717, 1.165) is 35.4 Å². The molecule has 0 aliphatic rings. The molecule has 40 heavy (non-hydrogen) atoms. The largest absolute Gasteiger partial charge is 0.418 e. The number of benzene rings is 1. The van der Waals surface area contributed by atoms with Crippen LogP contribution in [0.3, 0.4) is 0 Å². The summed E-state index contributed by atoms with van der Waals surface area (Å²) in [6.45, 7) is 11.0. The maximum Gasteiger partial charge on any atom is 0.418 e. The summed E-state index contributed by atoms with van der Waals surface area (Å²) in [5, 5.41) is 10.4. The first kappa shape index (κ1) is 27.8. The van der Waals surface area contributed by atoms with Gasteiger partial charge in [-0.2, -0.15) is 13.2 Å². The van der Waals surface area contributed by atoms with E-state index in [0.29, 0.717) is 22.8 Å². The Kier molecular flexibility index (Phi) is 7.42. The molecule has 0 spiro atoms. The first-order chi connectivity index (χ1) is 18.9. The van der Waals surface area contributed by atoms with Crippen LogP contribution in [0.1, 0.15) is 16.1 Å². The van der Waals surface area contributed by atoms with Crippen molar-refractivity contribution < 1.29 is 22.3 Å². The Bertz CT molecular complexity index is 1670. The third kappa shape index (κ3) is 5.60. The first-order valence-electron chi connectivity index (χ1n) is 12.2. The minimum atomic E-state index is -4.66. The number of halogens is 4. The number of hydrogen-bond acceptors (Lipinski definition) is 7. The number of thiazole rings is 1. The van der Waals surface area contributed by atoms with Crippen molar-refractivity contribution in [2.24, 2.45) is 0 Å². The molecule has 8 nitrogen and oxygen atoms in total. The van der Waals surface area contributed by atoms with Crippen molar-refractivity contribution in [3.8, 4) is 17.3 Å². The van der Waals surface area contributed by atoms with Gasteiger partial charge in [0.05, 0.1) is 23.0 Å². The van der Waals surface area contributed by atoms with Crippen molar-refractivity contribution >= 4 is 36.0 Å².